The van der Waals surface area contributed by atoms with Crippen LogP contribution in [0.15, 0.2) is 18.5 Å². The predicted octanol–water partition coefficient (Wildman–Crippen LogP) is 0.716. The molecule has 1 N–H and O–H groups in total. The van der Waals surface area contributed by atoms with Gasteiger partial charge in [-0.05, 0) is 12.6 Å². The van der Waals surface area contributed by atoms with Gasteiger partial charge in [0.15, 0.2) is 0 Å². The number of nitrogens with zero attached hydrogens (tertiary/aromatic N) is 3. The second kappa shape index (κ2) is 5.27. The predicted molar refractivity (Wildman–Crippen MR) is 64.5 cm³/mol. The van der Waals surface area contributed by atoms with Crippen LogP contribution in [0.5, 0.6) is 0 Å². The molecular weight excluding hydrogens is 202 g/mol. The van der Waals surface area contributed by atoms with E-state index in [0.29, 0.717) is 0 Å². The lowest BCUT2D eigenvalue weighted by Gasteiger charge is -2.36. The molecule has 2 rings (SSSR count). The van der Waals surface area contributed by atoms with Crippen molar-refractivity contribution in [1.82, 2.24) is 9.88 Å². The summed E-state index contributed by atoms with van der Waals surface area (Å²) in [6.45, 7) is 7.65. The third-order valence-electron chi connectivity index (χ3n) is 3.21. The lowest BCUT2D eigenvalue weighted by molar-refractivity contribution is 0.267. The summed E-state index contributed by atoms with van der Waals surface area (Å²) >= 11 is 0. The molecule has 0 aromatic carbocycles. The summed E-state index contributed by atoms with van der Waals surface area (Å²) in [6, 6.07) is 1.99. The summed E-state index contributed by atoms with van der Waals surface area (Å²) in [6.07, 6.45) is 3.54. The highest BCUT2D eigenvalue weighted by Crippen LogP contribution is 2.20. The molecule has 0 amide bonds. The third-order valence-corrected chi connectivity index (χ3v) is 3.21. The Morgan fingerprint density at radius 1 is 1.31 bits per heavy atom. The van der Waals surface area contributed by atoms with Crippen molar-refractivity contribution in [1.29, 1.82) is 0 Å². The second-order valence-electron chi connectivity index (χ2n) is 4.08. The average Bonchev–Trinajstić information content (AvgIpc) is 2.39. The smallest absolute Gasteiger partial charge is 0.0717 e. The van der Waals surface area contributed by atoms with E-state index in [2.05, 4.69) is 21.7 Å². The number of hydrogen-bond donors (Lipinski definition) is 1. The first-order valence-corrected chi connectivity index (χ1v) is 5.86. The Bertz CT molecular complexity index is 335. The molecule has 1 fully saturated rings. The van der Waals surface area contributed by atoms with Crippen LogP contribution in [0.1, 0.15) is 12.5 Å². The largest absolute Gasteiger partial charge is 0.392 e. The van der Waals surface area contributed by atoms with Gasteiger partial charge in [-0.25, -0.2) is 0 Å². The fraction of sp³-hybridized carbons (Fsp3) is 0.583. The maximum Gasteiger partial charge on any atom is 0.0717 e. The highest BCUT2D eigenvalue weighted by molar-refractivity contribution is 5.52. The molecule has 0 bridgehead atoms. The molecule has 1 saturated heterocycles. The minimum atomic E-state index is 0.0666. The molecule has 0 aliphatic carbocycles. The topological polar surface area (TPSA) is 39.6 Å². The summed E-state index contributed by atoms with van der Waals surface area (Å²) in [4.78, 5) is 8.82. The monoisotopic (exact) mass is 221 g/mol. The third kappa shape index (κ3) is 2.33. The van der Waals surface area contributed by atoms with E-state index in [1.54, 1.807) is 12.4 Å². The van der Waals surface area contributed by atoms with Gasteiger partial charge in [-0.1, -0.05) is 6.92 Å². The maximum absolute atomic E-state index is 9.27. The van der Waals surface area contributed by atoms with E-state index in [-0.39, 0.29) is 6.61 Å². The van der Waals surface area contributed by atoms with E-state index in [1.165, 1.54) is 0 Å². The molecule has 1 aliphatic heterocycles. The van der Waals surface area contributed by atoms with Crippen LogP contribution in [0.2, 0.25) is 0 Å². The molecule has 2 heterocycles. The van der Waals surface area contributed by atoms with Gasteiger partial charge in [0, 0.05) is 49.8 Å². The fourth-order valence-corrected chi connectivity index (χ4v) is 2.16. The van der Waals surface area contributed by atoms with Gasteiger partial charge in [0.2, 0.25) is 0 Å². The molecule has 16 heavy (non-hydrogen) atoms. The highest BCUT2D eigenvalue weighted by atomic mass is 16.3. The van der Waals surface area contributed by atoms with E-state index < -0.39 is 0 Å². The zero-order valence-electron chi connectivity index (χ0n) is 9.76. The van der Waals surface area contributed by atoms with E-state index in [4.69, 9.17) is 0 Å². The summed E-state index contributed by atoms with van der Waals surface area (Å²) < 4.78 is 0. The molecule has 88 valence electrons. The highest BCUT2D eigenvalue weighted by Gasteiger charge is 2.17. The molecule has 1 aromatic heterocycles. The van der Waals surface area contributed by atoms with Crippen LogP contribution in [-0.4, -0.2) is 47.7 Å². The number of anilines is 1. The molecule has 4 heteroatoms. The van der Waals surface area contributed by atoms with Gasteiger partial charge in [-0.2, -0.15) is 0 Å². The molecule has 0 radical (unpaired) electrons. The Hall–Kier alpha value is -1.13. The fourth-order valence-electron chi connectivity index (χ4n) is 2.16. The standard InChI is InChI=1S/C12H19N3O/c1-2-14-5-7-15(8-6-14)12-3-4-13-9-11(12)10-16/h3-4,9,16H,2,5-8,10H2,1H3. The van der Waals surface area contributed by atoms with Crippen molar-refractivity contribution in [2.75, 3.05) is 37.6 Å². The van der Waals surface area contributed by atoms with Gasteiger partial charge in [0.05, 0.1) is 6.61 Å². The van der Waals surface area contributed by atoms with Crippen molar-refractivity contribution in [3.8, 4) is 0 Å². The van der Waals surface area contributed by atoms with Crippen molar-refractivity contribution < 1.29 is 5.11 Å². The number of aromatic nitrogens is 1. The van der Waals surface area contributed by atoms with E-state index in [0.717, 1.165) is 44.0 Å². The maximum atomic E-state index is 9.27. The number of pyridine rings is 1. The Morgan fingerprint density at radius 3 is 2.69 bits per heavy atom. The van der Waals surface area contributed by atoms with Gasteiger partial charge in [0.1, 0.15) is 0 Å². The molecule has 1 aliphatic rings. The Balaban J connectivity index is 2.07. The van der Waals surface area contributed by atoms with Crippen molar-refractivity contribution >= 4 is 5.69 Å². The number of aliphatic hydroxyl groups excluding tert-OH is 1. The average molecular weight is 221 g/mol. The number of piperazine rings is 1. The van der Waals surface area contributed by atoms with Crippen LogP contribution in [-0.2, 0) is 6.61 Å². The molecule has 0 spiro atoms. The summed E-state index contributed by atoms with van der Waals surface area (Å²) in [7, 11) is 0. The number of rotatable bonds is 3. The van der Waals surface area contributed by atoms with Crippen LogP contribution in [0, 0.1) is 0 Å². The van der Waals surface area contributed by atoms with Gasteiger partial charge in [-0.15, -0.1) is 0 Å². The van der Waals surface area contributed by atoms with Crippen molar-refractivity contribution in [2.45, 2.75) is 13.5 Å². The first kappa shape index (κ1) is 11.4. The zero-order valence-corrected chi connectivity index (χ0v) is 9.76. The summed E-state index contributed by atoms with van der Waals surface area (Å²) in [5.74, 6) is 0. The van der Waals surface area contributed by atoms with Crippen molar-refractivity contribution in [3.05, 3.63) is 24.0 Å². The SMILES string of the molecule is CCN1CCN(c2ccncc2CO)CC1. The first-order valence-electron chi connectivity index (χ1n) is 5.86. The van der Waals surface area contributed by atoms with Gasteiger partial charge >= 0.3 is 0 Å². The minimum Gasteiger partial charge on any atom is -0.392 e. The first-order chi connectivity index (χ1) is 7.85. The van der Waals surface area contributed by atoms with Gasteiger partial charge in [0.25, 0.3) is 0 Å². The van der Waals surface area contributed by atoms with Crippen LogP contribution < -0.4 is 4.90 Å². The molecule has 0 unspecified atom stereocenters. The summed E-state index contributed by atoms with van der Waals surface area (Å²) in [5, 5.41) is 9.27. The zero-order chi connectivity index (χ0) is 11.4. The van der Waals surface area contributed by atoms with Crippen LogP contribution >= 0.6 is 0 Å². The van der Waals surface area contributed by atoms with Crippen LogP contribution in [0.4, 0.5) is 5.69 Å². The molecule has 4 nitrogen and oxygen atoms in total. The number of hydrogen-bond acceptors (Lipinski definition) is 4. The minimum absolute atomic E-state index is 0.0666. The lowest BCUT2D eigenvalue weighted by Crippen LogP contribution is -2.46. The lowest BCUT2D eigenvalue weighted by atomic mass is 10.2. The number of likely N-dealkylation sites (N-methyl/N-ethyl adjacent to an activating group) is 1. The normalized spacial score (nSPS) is 17.8. The Labute approximate surface area is 96.5 Å². The second-order valence-corrected chi connectivity index (χ2v) is 4.08. The molecule has 0 saturated carbocycles. The molecule has 1 aromatic rings. The van der Waals surface area contributed by atoms with Crippen molar-refractivity contribution in [3.63, 3.8) is 0 Å². The van der Waals surface area contributed by atoms with Crippen LogP contribution in [0.25, 0.3) is 0 Å². The van der Waals surface area contributed by atoms with E-state index >= 15 is 0 Å². The van der Waals surface area contributed by atoms with Crippen LogP contribution in [0.3, 0.4) is 0 Å². The molecular formula is C12H19N3O. The summed E-state index contributed by atoms with van der Waals surface area (Å²) in [5.41, 5.74) is 2.06. The van der Waals surface area contributed by atoms with E-state index in [9.17, 15) is 5.11 Å². The number of aliphatic hydroxyl groups is 1. The Morgan fingerprint density at radius 2 is 2.06 bits per heavy atom. The van der Waals surface area contributed by atoms with E-state index in [1.807, 2.05) is 6.07 Å². The molecule has 0 atom stereocenters. The van der Waals surface area contributed by atoms with Gasteiger partial charge < -0.3 is 14.9 Å². The van der Waals surface area contributed by atoms with Crippen molar-refractivity contribution in [2.24, 2.45) is 0 Å². The quantitative estimate of drug-likeness (QED) is 0.816. The Kier molecular flexibility index (Phi) is 3.74. The van der Waals surface area contributed by atoms with Gasteiger partial charge in [-0.3, -0.25) is 4.98 Å².